The van der Waals surface area contributed by atoms with E-state index >= 15 is 0 Å². The van der Waals surface area contributed by atoms with Crippen LogP contribution < -0.4 is 5.73 Å². The van der Waals surface area contributed by atoms with Gasteiger partial charge in [-0.1, -0.05) is 41.4 Å². The molecular weight excluding hydrogens is 543 g/mol. The minimum absolute atomic E-state index is 0.0961. The molecule has 0 aliphatic carbocycles. The number of para-hydroxylation sites is 1. The Bertz CT molecular complexity index is 1640. The Kier molecular flexibility index (Phi) is 7.15. The van der Waals surface area contributed by atoms with E-state index < -0.39 is 24.5 Å². The third-order valence-electron chi connectivity index (χ3n) is 7.02. The third-order valence-corrected chi connectivity index (χ3v) is 7.62. The maximum Gasteiger partial charge on any atom is 0.167 e. The summed E-state index contributed by atoms with van der Waals surface area (Å²) in [7, 11) is 0. The lowest BCUT2D eigenvalue weighted by molar-refractivity contribution is -0.0651. The van der Waals surface area contributed by atoms with Gasteiger partial charge in [-0.05, 0) is 41.3 Å². The summed E-state index contributed by atoms with van der Waals surface area (Å²) in [5.41, 5.74) is 9.75. The van der Waals surface area contributed by atoms with Crippen molar-refractivity contribution >= 4 is 51.1 Å². The van der Waals surface area contributed by atoms with Gasteiger partial charge in [0.1, 0.15) is 30.2 Å². The molecule has 0 bridgehead atoms. The fourth-order valence-corrected chi connectivity index (χ4v) is 5.40. The summed E-state index contributed by atoms with van der Waals surface area (Å²) in [6, 6.07) is 15.7. The number of nitrogen functional groups attached to an aromatic ring is 1. The number of fused-ring (bicyclic) bond motifs is 2. The SMILES string of the molecule is Nc1ncnc2c1ncn2[C@@H]1O[C@H](COCCc2cc3ccccc3n2Cc2cc(Cl)ccc2Cl)[C@@H](O)[C@H]1O. The molecule has 4 atom stereocenters. The number of nitrogens with zero attached hydrogens (tertiary/aromatic N) is 5. The first-order valence-corrected chi connectivity index (χ1v) is 13.2. The molecule has 12 heteroatoms. The van der Waals surface area contributed by atoms with E-state index in [9.17, 15) is 10.2 Å². The summed E-state index contributed by atoms with van der Waals surface area (Å²) >= 11 is 12.7. The first kappa shape index (κ1) is 26.0. The van der Waals surface area contributed by atoms with Crippen molar-refractivity contribution in [1.29, 1.82) is 0 Å². The molecule has 1 aliphatic rings. The molecule has 6 rings (SSSR count). The summed E-state index contributed by atoms with van der Waals surface area (Å²) in [6.07, 6.45) is -0.585. The number of hydrogen-bond acceptors (Lipinski definition) is 8. The van der Waals surface area contributed by atoms with E-state index in [1.54, 1.807) is 16.7 Å². The quantitative estimate of drug-likeness (QED) is 0.242. The molecule has 39 heavy (non-hydrogen) atoms. The van der Waals surface area contributed by atoms with E-state index in [1.807, 2.05) is 18.2 Å². The fourth-order valence-electron chi connectivity index (χ4n) is 5.03. The van der Waals surface area contributed by atoms with Gasteiger partial charge in [0.15, 0.2) is 17.7 Å². The number of aliphatic hydroxyl groups excluding tert-OH is 2. The number of ether oxygens (including phenoxy) is 2. The van der Waals surface area contributed by atoms with Crippen molar-refractivity contribution < 1.29 is 19.7 Å². The van der Waals surface area contributed by atoms with Crippen LogP contribution in [0.15, 0.2) is 61.2 Å². The zero-order chi connectivity index (χ0) is 27.1. The van der Waals surface area contributed by atoms with Gasteiger partial charge in [0.25, 0.3) is 0 Å². The lowest BCUT2D eigenvalue weighted by atomic mass is 10.1. The molecule has 1 fully saturated rings. The van der Waals surface area contributed by atoms with E-state index in [4.69, 9.17) is 38.4 Å². The minimum atomic E-state index is -1.20. The average molecular weight is 569 g/mol. The van der Waals surface area contributed by atoms with Gasteiger partial charge in [-0.25, -0.2) is 15.0 Å². The Balaban J connectivity index is 1.13. The highest BCUT2D eigenvalue weighted by Gasteiger charge is 2.44. The van der Waals surface area contributed by atoms with Gasteiger partial charge >= 0.3 is 0 Å². The molecule has 5 aromatic rings. The van der Waals surface area contributed by atoms with Crippen LogP contribution in [0.1, 0.15) is 17.5 Å². The lowest BCUT2D eigenvalue weighted by Gasteiger charge is -2.16. The highest BCUT2D eigenvalue weighted by atomic mass is 35.5. The van der Waals surface area contributed by atoms with Crippen LogP contribution in [-0.2, 0) is 22.4 Å². The first-order chi connectivity index (χ1) is 18.9. The van der Waals surface area contributed by atoms with E-state index in [2.05, 4.69) is 37.7 Å². The summed E-state index contributed by atoms with van der Waals surface area (Å²) in [5, 5.41) is 23.7. The van der Waals surface area contributed by atoms with Crippen LogP contribution in [0.2, 0.25) is 10.0 Å². The molecule has 202 valence electrons. The van der Waals surface area contributed by atoms with Gasteiger partial charge in [-0.3, -0.25) is 4.57 Å². The Hall–Kier alpha value is -3.25. The standard InChI is InChI=1S/C27H26Cl2N6O4/c28-17-5-6-19(29)16(9-17)11-34-18(10-15-3-1-2-4-20(15)34)7-8-38-12-21-23(36)24(37)27(39-21)35-14-33-22-25(30)31-13-32-26(22)35/h1-6,9-10,13-14,21,23-24,27,36-37H,7-8,11-12H2,(H2,30,31,32)/t21-,23-,24-,27-/m1/s1. The minimum Gasteiger partial charge on any atom is -0.387 e. The monoisotopic (exact) mass is 568 g/mol. The Morgan fingerprint density at radius 1 is 1.03 bits per heavy atom. The Morgan fingerprint density at radius 2 is 1.87 bits per heavy atom. The predicted molar refractivity (Wildman–Crippen MR) is 148 cm³/mol. The second-order valence-electron chi connectivity index (χ2n) is 9.47. The van der Waals surface area contributed by atoms with Crippen molar-refractivity contribution in [1.82, 2.24) is 24.1 Å². The molecular formula is C27H26Cl2N6O4. The Labute approximate surface area is 233 Å². The highest BCUT2D eigenvalue weighted by molar-refractivity contribution is 6.33. The molecule has 1 saturated heterocycles. The third kappa shape index (κ3) is 4.95. The molecule has 0 unspecified atom stereocenters. The molecule has 10 nitrogen and oxygen atoms in total. The van der Waals surface area contributed by atoms with E-state index in [0.717, 1.165) is 22.2 Å². The highest BCUT2D eigenvalue weighted by Crippen LogP contribution is 2.32. The molecule has 0 saturated carbocycles. The second-order valence-corrected chi connectivity index (χ2v) is 10.3. The maximum atomic E-state index is 10.7. The summed E-state index contributed by atoms with van der Waals surface area (Å²) in [5.74, 6) is 0.224. The summed E-state index contributed by atoms with van der Waals surface area (Å²) in [6.45, 7) is 1.04. The van der Waals surface area contributed by atoms with Crippen molar-refractivity contribution in [2.24, 2.45) is 0 Å². The molecule has 0 amide bonds. The number of rotatable bonds is 8. The largest absolute Gasteiger partial charge is 0.387 e. The van der Waals surface area contributed by atoms with Crippen molar-refractivity contribution in [2.75, 3.05) is 18.9 Å². The zero-order valence-corrected chi connectivity index (χ0v) is 22.2. The summed E-state index contributed by atoms with van der Waals surface area (Å²) in [4.78, 5) is 12.3. The normalized spacial score (nSPS) is 21.3. The second kappa shape index (κ2) is 10.7. The zero-order valence-electron chi connectivity index (χ0n) is 20.7. The van der Waals surface area contributed by atoms with Gasteiger partial charge in [0.05, 0.1) is 19.5 Å². The molecule has 1 aliphatic heterocycles. The van der Waals surface area contributed by atoms with Gasteiger partial charge in [0.2, 0.25) is 0 Å². The molecule has 4 heterocycles. The number of anilines is 1. The van der Waals surface area contributed by atoms with Crippen LogP contribution in [0.5, 0.6) is 0 Å². The van der Waals surface area contributed by atoms with Crippen LogP contribution in [0.25, 0.3) is 22.1 Å². The van der Waals surface area contributed by atoms with Crippen molar-refractivity contribution in [3.8, 4) is 0 Å². The average Bonchev–Trinajstić information content (AvgIpc) is 3.59. The number of nitrogens with two attached hydrogens (primary N) is 1. The first-order valence-electron chi connectivity index (χ1n) is 12.4. The number of aromatic nitrogens is 5. The van der Waals surface area contributed by atoms with Crippen LogP contribution in [0, 0.1) is 0 Å². The van der Waals surface area contributed by atoms with Crippen LogP contribution in [0.4, 0.5) is 5.82 Å². The van der Waals surface area contributed by atoms with Gasteiger partial charge in [-0.2, -0.15) is 0 Å². The van der Waals surface area contributed by atoms with Gasteiger partial charge < -0.3 is 30.0 Å². The summed E-state index contributed by atoms with van der Waals surface area (Å²) < 4.78 is 15.6. The molecule has 4 N–H and O–H groups in total. The number of aliphatic hydroxyl groups is 2. The van der Waals surface area contributed by atoms with E-state index in [0.29, 0.717) is 40.8 Å². The Morgan fingerprint density at radius 3 is 2.74 bits per heavy atom. The number of hydrogen-bond donors (Lipinski definition) is 3. The fraction of sp³-hybridized carbons (Fsp3) is 0.296. The van der Waals surface area contributed by atoms with Crippen LogP contribution in [-0.4, -0.2) is 65.8 Å². The van der Waals surface area contributed by atoms with E-state index in [-0.39, 0.29) is 12.4 Å². The molecule has 0 spiro atoms. The van der Waals surface area contributed by atoms with Crippen LogP contribution >= 0.6 is 23.2 Å². The van der Waals surface area contributed by atoms with Gasteiger partial charge in [0, 0.05) is 34.2 Å². The van der Waals surface area contributed by atoms with Gasteiger partial charge in [-0.15, -0.1) is 0 Å². The van der Waals surface area contributed by atoms with Crippen molar-refractivity contribution in [3.05, 3.63) is 82.5 Å². The maximum absolute atomic E-state index is 10.7. The number of imidazole rings is 1. The smallest absolute Gasteiger partial charge is 0.167 e. The van der Waals surface area contributed by atoms with Crippen molar-refractivity contribution in [3.63, 3.8) is 0 Å². The predicted octanol–water partition coefficient (Wildman–Crippen LogP) is 3.60. The van der Waals surface area contributed by atoms with E-state index in [1.165, 1.54) is 12.7 Å². The topological polar surface area (TPSA) is 133 Å². The lowest BCUT2D eigenvalue weighted by Crippen LogP contribution is -2.34. The van der Waals surface area contributed by atoms with Crippen molar-refractivity contribution in [2.45, 2.75) is 37.5 Å². The molecule has 2 aromatic carbocycles. The number of benzene rings is 2. The number of halogens is 2. The van der Waals surface area contributed by atoms with Crippen LogP contribution in [0.3, 0.4) is 0 Å². The molecule has 0 radical (unpaired) electrons. The molecule has 3 aromatic heterocycles.